The Balaban J connectivity index is 1.64. The zero-order chi connectivity index (χ0) is 24.1. The van der Waals surface area contributed by atoms with E-state index in [0.29, 0.717) is 23.5 Å². The number of carbonyl (C=O) groups excluding carboxylic acids is 1. The van der Waals surface area contributed by atoms with Gasteiger partial charge in [-0.1, -0.05) is 12.1 Å². The van der Waals surface area contributed by atoms with Gasteiger partial charge in [-0.05, 0) is 65.5 Å². The molecule has 0 saturated heterocycles. The lowest BCUT2D eigenvalue weighted by Gasteiger charge is -2.12. The van der Waals surface area contributed by atoms with Crippen LogP contribution < -0.4 is 30.0 Å². The van der Waals surface area contributed by atoms with Gasteiger partial charge in [0.25, 0.3) is 26.0 Å². The monoisotopic (exact) mass is 509 g/mol. The molecule has 0 fully saturated rings. The minimum Gasteiger partial charge on any atom is -0.399 e. The fourth-order valence-corrected chi connectivity index (χ4v) is 4.89. The van der Waals surface area contributed by atoms with Crippen molar-refractivity contribution in [3.63, 3.8) is 0 Å². The summed E-state index contributed by atoms with van der Waals surface area (Å²) in [4.78, 5) is 19.5. The molecule has 14 heteroatoms. The highest BCUT2D eigenvalue weighted by atomic mass is 32.3. The molecule has 1 amide bonds. The minimum absolute atomic E-state index is 0.0424. The van der Waals surface area contributed by atoms with Crippen molar-refractivity contribution < 1.29 is 26.5 Å². The van der Waals surface area contributed by atoms with E-state index in [1.807, 2.05) is 4.89 Å². The number of rotatable bonds is 9. The smallest absolute Gasteiger partial charge is 0.271 e. The van der Waals surface area contributed by atoms with Gasteiger partial charge in [0.2, 0.25) is 0 Å². The van der Waals surface area contributed by atoms with Crippen LogP contribution in [0.2, 0.25) is 0 Å². The van der Waals surface area contributed by atoms with Crippen molar-refractivity contribution in [1.82, 2.24) is 13.7 Å². The zero-order valence-electron chi connectivity index (χ0n) is 16.8. The Morgan fingerprint density at radius 2 is 1.27 bits per heavy atom. The summed E-state index contributed by atoms with van der Waals surface area (Å²) in [6, 6.07) is 16.7. The van der Waals surface area contributed by atoms with E-state index in [9.17, 15) is 21.6 Å². The zero-order valence-corrected chi connectivity index (χ0v) is 19.2. The topological polar surface area (TPSA) is 183 Å². The predicted molar refractivity (Wildman–Crippen MR) is 124 cm³/mol. The van der Waals surface area contributed by atoms with Gasteiger partial charge in [-0.2, -0.15) is 0 Å². The lowest BCUT2D eigenvalue weighted by molar-refractivity contribution is 0.0978. The minimum atomic E-state index is -4.05. The molecule has 7 N–H and O–H groups in total. The van der Waals surface area contributed by atoms with E-state index < -0.39 is 26.0 Å². The Labute approximate surface area is 194 Å². The number of benzene rings is 3. The fourth-order valence-electron chi connectivity index (χ4n) is 2.41. The summed E-state index contributed by atoms with van der Waals surface area (Å²) in [6.45, 7) is 0. The maximum atomic E-state index is 12.5. The Morgan fingerprint density at radius 1 is 0.758 bits per heavy atom. The lowest BCUT2D eigenvalue weighted by atomic mass is 10.2. The molecule has 3 rings (SSSR count). The van der Waals surface area contributed by atoms with Gasteiger partial charge in [0.1, 0.15) is 0 Å². The number of hydrogen-bond acceptors (Lipinski definition) is 9. The maximum Gasteiger partial charge on any atom is 0.271 e. The largest absolute Gasteiger partial charge is 0.399 e. The number of para-hydroxylation sites is 1. The standard InChI is InChI=1S/C19H19N5O6S3/c20-13-5-9-15(10-6-13)32(26,27)23-30-18-4-2-1-3-17(18)19(25)22-31-24-33(28,29)16-11-7-14(21)8-12-16/h1-12,23-24H,20-21H2,(H,22,25). The second-order valence-corrected chi connectivity index (χ2v) is 10.6. The number of nitrogens with two attached hydrogens (primary N) is 2. The quantitative estimate of drug-likeness (QED) is 0.162. The molecular formula is C19H19N5O6S3. The number of amides is 1. The molecule has 0 radical (unpaired) electrons. The lowest BCUT2D eigenvalue weighted by Crippen LogP contribution is -2.29. The van der Waals surface area contributed by atoms with Crippen LogP contribution in [-0.2, 0) is 20.0 Å². The van der Waals surface area contributed by atoms with Gasteiger partial charge in [0, 0.05) is 11.4 Å². The summed E-state index contributed by atoms with van der Waals surface area (Å²) >= 11 is 0.418. The van der Waals surface area contributed by atoms with Crippen LogP contribution in [0.1, 0.15) is 10.4 Å². The number of nitrogen functional groups attached to an aromatic ring is 2. The highest BCUT2D eigenvalue weighted by molar-refractivity contribution is 8.08. The Hall–Kier alpha value is -3.30. The van der Waals surface area contributed by atoms with Crippen LogP contribution in [0.4, 0.5) is 11.4 Å². The average Bonchev–Trinajstić information content (AvgIpc) is 2.78. The molecular weight excluding hydrogens is 490 g/mol. The first-order valence-electron chi connectivity index (χ1n) is 9.05. The highest BCUT2D eigenvalue weighted by Gasteiger charge is 2.19. The van der Waals surface area contributed by atoms with Gasteiger partial charge in [-0.3, -0.25) is 9.52 Å². The van der Waals surface area contributed by atoms with E-state index in [1.54, 1.807) is 0 Å². The van der Waals surface area contributed by atoms with E-state index in [4.69, 9.17) is 16.3 Å². The maximum absolute atomic E-state index is 12.5. The summed E-state index contributed by atoms with van der Waals surface area (Å²) in [5.41, 5.74) is 11.8. The molecule has 0 aliphatic heterocycles. The van der Waals surface area contributed by atoms with Crippen molar-refractivity contribution in [3.8, 4) is 5.75 Å². The molecule has 0 aliphatic rings. The second kappa shape index (κ2) is 10.1. The first kappa shape index (κ1) is 24.3. The molecule has 0 aromatic heterocycles. The number of hydrogen-bond donors (Lipinski definition) is 5. The number of sulfonamides is 2. The molecule has 0 aliphatic carbocycles. The van der Waals surface area contributed by atoms with Crippen molar-refractivity contribution in [3.05, 3.63) is 78.4 Å². The van der Waals surface area contributed by atoms with Gasteiger partial charge in [-0.25, -0.2) is 16.8 Å². The number of carbonyl (C=O) groups is 1. The molecule has 174 valence electrons. The number of nitrogens with one attached hydrogen (secondary N) is 3. The summed E-state index contributed by atoms with van der Waals surface area (Å²) in [6.07, 6.45) is 0. The van der Waals surface area contributed by atoms with Crippen LogP contribution in [0, 0.1) is 0 Å². The van der Waals surface area contributed by atoms with E-state index in [2.05, 4.69) is 8.85 Å². The van der Waals surface area contributed by atoms with Crippen molar-refractivity contribution in [2.24, 2.45) is 0 Å². The molecule has 0 heterocycles. The van der Waals surface area contributed by atoms with Crippen LogP contribution in [0.3, 0.4) is 0 Å². The highest BCUT2D eigenvalue weighted by Crippen LogP contribution is 2.20. The van der Waals surface area contributed by atoms with Gasteiger partial charge < -0.3 is 16.3 Å². The van der Waals surface area contributed by atoms with Crippen LogP contribution in [0.25, 0.3) is 0 Å². The second-order valence-electron chi connectivity index (χ2n) is 6.44. The van der Waals surface area contributed by atoms with E-state index >= 15 is 0 Å². The summed E-state index contributed by atoms with van der Waals surface area (Å²) in [5.74, 6) is -0.835. The summed E-state index contributed by atoms with van der Waals surface area (Å²) in [5, 5.41) is 0. The molecule has 33 heavy (non-hydrogen) atoms. The van der Waals surface area contributed by atoms with Gasteiger partial charge in [0.05, 0.1) is 27.5 Å². The average molecular weight is 510 g/mol. The normalized spacial score (nSPS) is 11.6. The molecule has 0 bridgehead atoms. The van der Waals surface area contributed by atoms with Crippen LogP contribution >= 0.6 is 12.1 Å². The molecule has 0 saturated carbocycles. The molecule has 3 aromatic carbocycles. The van der Waals surface area contributed by atoms with Crippen LogP contribution in [-0.4, -0.2) is 22.7 Å². The first-order valence-corrected chi connectivity index (χ1v) is 12.8. The molecule has 11 nitrogen and oxygen atoms in total. The van der Waals surface area contributed by atoms with Crippen LogP contribution in [0.15, 0.2) is 82.6 Å². The van der Waals surface area contributed by atoms with Crippen molar-refractivity contribution in [2.75, 3.05) is 11.5 Å². The van der Waals surface area contributed by atoms with E-state index in [-0.39, 0.29) is 21.1 Å². The third kappa shape index (κ3) is 6.36. The first-order chi connectivity index (χ1) is 15.6. The van der Waals surface area contributed by atoms with E-state index in [0.717, 1.165) is 0 Å². The van der Waals surface area contributed by atoms with Crippen LogP contribution in [0.5, 0.6) is 5.75 Å². The fraction of sp³-hybridized carbons (Fsp3) is 0. The molecule has 0 spiro atoms. The third-order valence-corrected chi connectivity index (χ3v) is 7.66. The van der Waals surface area contributed by atoms with E-state index in [1.165, 1.54) is 72.8 Å². The Kier molecular flexibility index (Phi) is 7.45. The summed E-state index contributed by atoms with van der Waals surface area (Å²) < 4.78 is 53.7. The Bertz CT molecular complexity index is 1350. The predicted octanol–water partition coefficient (Wildman–Crippen LogP) is 1.39. The van der Waals surface area contributed by atoms with Crippen molar-refractivity contribution in [2.45, 2.75) is 9.79 Å². The third-order valence-electron chi connectivity index (χ3n) is 4.07. The summed E-state index contributed by atoms with van der Waals surface area (Å²) in [7, 11) is -7.97. The Morgan fingerprint density at radius 3 is 1.85 bits per heavy atom. The molecule has 0 atom stereocenters. The number of anilines is 2. The van der Waals surface area contributed by atoms with Crippen molar-refractivity contribution in [1.29, 1.82) is 0 Å². The molecule has 0 unspecified atom stereocenters. The SMILES string of the molecule is Nc1ccc(S(=O)(=O)NOc2ccccc2C(=O)NSNS(=O)(=O)c2ccc(N)cc2)cc1. The van der Waals surface area contributed by atoms with Crippen molar-refractivity contribution >= 4 is 49.5 Å². The molecule has 3 aromatic rings. The van der Waals surface area contributed by atoms with Gasteiger partial charge in [-0.15, -0.1) is 4.13 Å². The van der Waals surface area contributed by atoms with Gasteiger partial charge in [0.15, 0.2) is 5.75 Å². The van der Waals surface area contributed by atoms with Gasteiger partial charge >= 0.3 is 0 Å².